The molecule has 0 aromatic rings. The van der Waals surface area contributed by atoms with Crippen molar-refractivity contribution in [1.82, 2.24) is 0 Å². The second kappa shape index (κ2) is 7.21. The van der Waals surface area contributed by atoms with Crippen molar-refractivity contribution in [3.8, 4) is 0 Å². The molecule has 0 saturated carbocycles. The third-order valence-corrected chi connectivity index (χ3v) is 3.72. The van der Waals surface area contributed by atoms with E-state index in [1.165, 1.54) is 22.6 Å². The van der Waals surface area contributed by atoms with E-state index in [9.17, 15) is 57.1 Å². The van der Waals surface area contributed by atoms with E-state index in [-0.39, 0.29) is 0 Å². The Labute approximate surface area is 139 Å². The first kappa shape index (κ1) is 23.8. The molecule has 0 saturated heterocycles. The van der Waals surface area contributed by atoms with E-state index in [1.807, 2.05) is 0 Å². The lowest BCUT2D eigenvalue weighted by Crippen LogP contribution is -2.56. The van der Waals surface area contributed by atoms with Crippen molar-refractivity contribution < 1.29 is 57.1 Å². The fourth-order valence-corrected chi connectivity index (χ4v) is 2.80. The maximum atomic E-state index is 13.5. The van der Waals surface area contributed by atoms with Crippen molar-refractivity contribution in [1.29, 1.82) is 0 Å². The quantitative estimate of drug-likeness (QED) is 0.232. The normalized spacial score (nSPS) is 16.6. The summed E-state index contributed by atoms with van der Waals surface area (Å²) in [4.78, 5) is 0. The minimum atomic E-state index is -6.73. The Morgan fingerprint density at radius 2 is 0.958 bits per heavy atom. The van der Waals surface area contributed by atoms with Gasteiger partial charge in [-0.1, -0.05) is 22.6 Å². The van der Waals surface area contributed by atoms with Gasteiger partial charge in [0, 0.05) is 6.42 Å². The molecule has 1 atom stereocenters. The van der Waals surface area contributed by atoms with Crippen LogP contribution in [0.4, 0.5) is 57.1 Å². The molecule has 0 nitrogen and oxygen atoms in total. The number of hydrogen-bond donors (Lipinski definition) is 0. The molecule has 0 fully saturated rings. The molecule has 14 heteroatoms. The topological polar surface area (TPSA) is 0 Å². The summed E-state index contributed by atoms with van der Waals surface area (Å²) in [6.45, 7) is 0. The van der Waals surface area contributed by atoms with E-state index < -0.39 is 59.5 Å². The van der Waals surface area contributed by atoms with Gasteiger partial charge in [0.05, 0.1) is 0 Å². The predicted octanol–water partition coefficient (Wildman–Crippen LogP) is 6.39. The van der Waals surface area contributed by atoms with E-state index in [1.54, 1.807) is 0 Å². The van der Waals surface area contributed by atoms with Crippen molar-refractivity contribution in [3.63, 3.8) is 0 Å². The number of halogens is 14. The van der Waals surface area contributed by atoms with Crippen LogP contribution in [0.5, 0.6) is 0 Å². The molecule has 0 aromatic heterocycles. The van der Waals surface area contributed by atoms with E-state index in [0.29, 0.717) is 0 Å². The van der Waals surface area contributed by atoms with Crippen LogP contribution >= 0.6 is 22.6 Å². The van der Waals surface area contributed by atoms with Crippen LogP contribution in [0.15, 0.2) is 0 Å². The van der Waals surface area contributed by atoms with Crippen LogP contribution in [-0.4, -0.2) is 34.8 Å². The molecule has 0 rings (SSSR count). The third kappa shape index (κ3) is 5.41. The van der Waals surface area contributed by atoms with Crippen LogP contribution in [0.3, 0.4) is 0 Å². The molecule has 0 aliphatic heterocycles. The van der Waals surface area contributed by atoms with Crippen molar-refractivity contribution in [2.75, 3.05) is 4.43 Å². The zero-order valence-electron chi connectivity index (χ0n) is 11.1. The van der Waals surface area contributed by atoms with Crippen molar-refractivity contribution >= 4 is 22.6 Å². The first-order valence-corrected chi connectivity index (χ1v) is 7.33. The van der Waals surface area contributed by atoms with Gasteiger partial charge in [0.2, 0.25) is 0 Å². The summed E-state index contributed by atoms with van der Waals surface area (Å²) < 4.78 is 163. The van der Waals surface area contributed by atoms with Gasteiger partial charge in [-0.25, -0.2) is 4.39 Å². The number of hydrogen-bond acceptors (Lipinski definition) is 0. The zero-order valence-corrected chi connectivity index (χ0v) is 13.2. The number of alkyl halides is 14. The second-order valence-corrected chi connectivity index (χ2v) is 5.88. The Balaban J connectivity index is 6.07. The average Bonchev–Trinajstić information content (AvgIpc) is 2.21. The molecule has 0 aliphatic carbocycles. The fraction of sp³-hybridized carbons (Fsp3) is 1.00. The maximum Gasteiger partial charge on any atom is 0.431 e. The van der Waals surface area contributed by atoms with E-state index in [0.717, 1.165) is 0 Å². The molecule has 24 heavy (non-hydrogen) atoms. The van der Waals surface area contributed by atoms with Gasteiger partial charge in [0.15, 0.2) is 5.92 Å². The minimum absolute atomic E-state index is 0.642. The van der Waals surface area contributed by atoms with Gasteiger partial charge in [0.1, 0.15) is 0 Å². The van der Waals surface area contributed by atoms with Gasteiger partial charge in [-0.15, -0.1) is 0 Å². The van der Waals surface area contributed by atoms with Crippen LogP contribution < -0.4 is 0 Å². The van der Waals surface area contributed by atoms with Crippen molar-refractivity contribution in [2.45, 2.75) is 43.2 Å². The maximum absolute atomic E-state index is 13.5. The molecule has 0 heterocycles. The zero-order chi connectivity index (χ0) is 19.8. The highest BCUT2D eigenvalue weighted by atomic mass is 127. The van der Waals surface area contributed by atoms with Gasteiger partial charge < -0.3 is 0 Å². The predicted molar refractivity (Wildman–Crippen MR) is 63.2 cm³/mol. The number of rotatable bonds is 5. The van der Waals surface area contributed by atoms with Crippen LogP contribution in [0.1, 0.15) is 12.8 Å². The standard InChI is InChI=1S/C10H8F13I/c11-6(9(18,19)20,10(21,22)23)3-4(1-2-24)5(7(12,13)14)8(15,16)17/h4-5H,1-3H2. The largest absolute Gasteiger partial charge is 0.431 e. The van der Waals surface area contributed by atoms with E-state index in [4.69, 9.17) is 0 Å². The molecule has 0 aromatic carbocycles. The minimum Gasteiger partial charge on any atom is -0.224 e. The Morgan fingerprint density at radius 1 is 0.625 bits per heavy atom. The molecule has 0 radical (unpaired) electrons. The first-order chi connectivity index (χ1) is 10.3. The Bertz CT molecular complexity index is 373. The lowest BCUT2D eigenvalue weighted by atomic mass is 9.79. The molecule has 0 spiro atoms. The Morgan fingerprint density at radius 3 is 1.17 bits per heavy atom. The third-order valence-electron chi connectivity index (χ3n) is 3.10. The molecule has 146 valence electrons. The molecule has 0 aliphatic rings. The van der Waals surface area contributed by atoms with Crippen LogP contribution in [-0.2, 0) is 0 Å². The molecule has 0 N–H and O–H groups in total. The summed E-state index contributed by atoms with van der Waals surface area (Å²) in [6, 6.07) is 0. The van der Waals surface area contributed by atoms with Gasteiger partial charge in [-0.3, -0.25) is 0 Å². The lowest BCUT2D eigenvalue weighted by molar-refractivity contribution is -0.356. The molecule has 0 bridgehead atoms. The van der Waals surface area contributed by atoms with Gasteiger partial charge >= 0.3 is 24.7 Å². The molecular formula is C10H8F13I. The second-order valence-electron chi connectivity index (χ2n) is 4.80. The first-order valence-electron chi connectivity index (χ1n) is 5.80. The van der Waals surface area contributed by atoms with Crippen LogP contribution in [0.25, 0.3) is 0 Å². The van der Waals surface area contributed by atoms with Crippen molar-refractivity contribution in [3.05, 3.63) is 0 Å². The molecule has 1 unspecified atom stereocenters. The summed E-state index contributed by atoms with van der Waals surface area (Å²) in [6.07, 6.45) is -30.2. The monoisotopic (exact) mass is 502 g/mol. The van der Waals surface area contributed by atoms with E-state index in [2.05, 4.69) is 0 Å². The Kier molecular flexibility index (Phi) is 7.16. The summed E-state index contributed by atoms with van der Waals surface area (Å²) >= 11 is 1.17. The molecule has 0 amide bonds. The van der Waals surface area contributed by atoms with Crippen LogP contribution in [0, 0.1) is 11.8 Å². The lowest BCUT2D eigenvalue weighted by Gasteiger charge is -2.37. The van der Waals surface area contributed by atoms with E-state index >= 15 is 0 Å². The summed E-state index contributed by atoms with van der Waals surface area (Å²) in [5.74, 6) is -7.81. The van der Waals surface area contributed by atoms with Gasteiger partial charge in [-0.2, -0.15) is 52.7 Å². The summed E-state index contributed by atoms with van der Waals surface area (Å²) in [5.41, 5.74) is -6.19. The Hall–Kier alpha value is -0.180. The van der Waals surface area contributed by atoms with Gasteiger partial charge in [-0.05, 0) is 16.8 Å². The molecular weight excluding hydrogens is 494 g/mol. The highest BCUT2D eigenvalue weighted by Crippen LogP contribution is 2.54. The summed E-state index contributed by atoms with van der Waals surface area (Å²) in [5, 5.41) is 0. The average molecular weight is 502 g/mol. The summed E-state index contributed by atoms with van der Waals surface area (Å²) in [7, 11) is 0. The van der Waals surface area contributed by atoms with Crippen LogP contribution in [0.2, 0.25) is 0 Å². The SMILES string of the molecule is FC(F)(F)C(C(CCI)CC(F)(C(F)(F)F)C(F)(F)F)C(F)(F)F. The smallest absolute Gasteiger partial charge is 0.224 e. The fourth-order valence-electron chi connectivity index (χ4n) is 2.00. The van der Waals surface area contributed by atoms with Gasteiger partial charge in [0.25, 0.3) is 5.67 Å². The van der Waals surface area contributed by atoms with Crippen molar-refractivity contribution in [2.24, 2.45) is 11.8 Å². The highest BCUT2D eigenvalue weighted by Gasteiger charge is 2.74. The highest BCUT2D eigenvalue weighted by molar-refractivity contribution is 14.1.